The van der Waals surface area contributed by atoms with E-state index in [4.69, 9.17) is 16.1 Å². The molecule has 3 nitrogen and oxygen atoms in total. The van der Waals surface area contributed by atoms with E-state index in [0.29, 0.717) is 6.54 Å². The predicted octanol–water partition coefficient (Wildman–Crippen LogP) is 3.55. The van der Waals surface area contributed by atoms with Crippen molar-refractivity contribution < 1.29 is 4.52 Å². The average Bonchev–Trinajstić information content (AvgIpc) is 2.84. The highest BCUT2D eigenvalue weighted by Crippen LogP contribution is 2.26. The molecule has 0 amide bonds. The monoisotopic (exact) mass is 256 g/mol. The first kappa shape index (κ1) is 11.6. The molecule has 0 aromatic carbocycles. The van der Waals surface area contributed by atoms with Gasteiger partial charge in [0.25, 0.3) is 0 Å². The summed E-state index contributed by atoms with van der Waals surface area (Å²) in [5.74, 6) is 0.837. The zero-order valence-corrected chi connectivity index (χ0v) is 10.7. The van der Waals surface area contributed by atoms with Crippen molar-refractivity contribution in [1.82, 2.24) is 10.5 Å². The third-order valence-corrected chi connectivity index (χ3v) is 3.70. The van der Waals surface area contributed by atoms with Gasteiger partial charge in [-0.15, -0.1) is 11.3 Å². The number of thiophene rings is 1. The van der Waals surface area contributed by atoms with Crippen molar-refractivity contribution in [3.63, 3.8) is 0 Å². The number of hydrogen-bond donors (Lipinski definition) is 1. The predicted molar refractivity (Wildman–Crippen MR) is 65.8 cm³/mol. The van der Waals surface area contributed by atoms with Gasteiger partial charge >= 0.3 is 0 Å². The lowest BCUT2D eigenvalue weighted by Crippen LogP contribution is -2.17. The van der Waals surface area contributed by atoms with E-state index >= 15 is 0 Å². The molecule has 0 spiro atoms. The Labute approximate surface area is 103 Å². The lowest BCUT2D eigenvalue weighted by molar-refractivity contribution is 0.386. The fourth-order valence-corrected chi connectivity index (χ4v) is 2.51. The fraction of sp³-hybridized carbons (Fsp3) is 0.364. The molecule has 1 unspecified atom stereocenters. The Morgan fingerprint density at radius 1 is 1.56 bits per heavy atom. The number of rotatable bonds is 4. The van der Waals surface area contributed by atoms with Gasteiger partial charge in [-0.3, -0.25) is 0 Å². The normalized spacial score (nSPS) is 12.9. The Hall–Kier alpha value is -0.840. The van der Waals surface area contributed by atoms with Crippen LogP contribution in [-0.2, 0) is 6.54 Å². The summed E-state index contributed by atoms with van der Waals surface area (Å²) in [5.41, 5.74) is 0.923. The van der Waals surface area contributed by atoms with Crippen LogP contribution in [-0.4, -0.2) is 5.16 Å². The van der Waals surface area contributed by atoms with Gasteiger partial charge in [-0.2, -0.15) is 0 Å². The number of nitrogens with zero attached hydrogens (tertiary/aromatic N) is 1. The highest BCUT2D eigenvalue weighted by atomic mass is 35.5. The second-order valence-corrected chi connectivity index (χ2v) is 5.42. The molecule has 0 radical (unpaired) electrons. The summed E-state index contributed by atoms with van der Waals surface area (Å²) in [6, 6.07) is 6.16. The standard InChI is InChI=1S/C11H13ClN2OS/c1-7-5-9(14-15-7)6-13-8(2)10-3-4-11(12)16-10/h3-5,8,13H,6H2,1-2H3. The van der Waals surface area contributed by atoms with Crippen LogP contribution in [0.5, 0.6) is 0 Å². The molecular formula is C11H13ClN2OS. The topological polar surface area (TPSA) is 38.1 Å². The van der Waals surface area contributed by atoms with E-state index in [9.17, 15) is 0 Å². The molecule has 86 valence electrons. The molecule has 1 N–H and O–H groups in total. The van der Waals surface area contributed by atoms with Crippen LogP contribution in [0.3, 0.4) is 0 Å². The maximum Gasteiger partial charge on any atom is 0.133 e. The molecule has 0 fully saturated rings. The molecule has 2 rings (SSSR count). The van der Waals surface area contributed by atoms with Crippen LogP contribution in [0.4, 0.5) is 0 Å². The Morgan fingerprint density at radius 3 is 2.94 bits per heavy atom. The summed E-state index contributed by atoms with van der Waals surface area (Å²) in [7, 11) is 0. The molecule has 16 heavy (non-hydrogen) atoms. The first-order valence-electron chi connectivity index (χ1n) is 5.06. The molecular weight excluding hydrogens is 244 g/mol. The van der Waals surface area contributed by atoms with Crippen molar-refractivity contribution in [1.29, 1.82) is 0 Å². The Balaban J connectivity index is 1.91. The average molecular weight is 257 g/mol. The first-order valence-corrected chi connectivity index (χ1v) is 6.25. The van der Waals surface area contributed by atoms with Gasteiger partial charge in [0, 0.05) is 23.5 Å². The third-order valence-electron chi connectivity index (χ3n) is 2.29. The summed E-state index contributed by atoms with van der Waals surface area (Å²) in [6.07, 6.45) is 0. The van der Waals surface area contributed by atoms with Crippen LogP contribution >= 0.6 is 22.9 Å². The maximum absolute atomic E-state index is 5.89. The number of aryl methyl sites for hydroxylation is 1. The third kappa shape index (κ3) is 2.84. The lowest BCUT2D eigenvalue weighted by Gasteiger charge is -2.09. The van der Waals surface area contributed by atoms with Crippen molar-refractivity contribution in [3.8, 4) is 0 Å². The van der Waals surface area contributed by atoms with Crippen LogP contribution in [0.15, 0.2) is 22.7 Å². The SMILES string of the molecule is Cc1cc(CNC(C)c2ccc(Cl)s2)no1. The van der Waals surface area contributed by atoms with Gasteiger partial charge in [0.15, 0.2) is 0 Å². The molecule has 0 bridgehead atoms. The number of hydrogen-bond acceptors (Lipinski definition) is 4. The molecule has 0 aliphatic carbocycles. The molecule has 0 aliphatic rings. The van der Waals surface area contributed by atoms with Crippen molar-refractivity contribution in [3.05, 3.63) is 38.9 Å². The zero-order valence-electron chi connectivity index (χ0n) is 9.16. The number of nitrogens with one attached hydrogen (secondary N) is 1. The van der Waals surface area contributed by atoms with Gasteiger partial charge in [0.2, 0.25) is 0 Å². The minimum absolute atomic E-state index is 0.273. The van der Waals surface area contributed by atoms with Gasteiger partial charge in [0.1, 0.15) is 5.76 Å². The van der Waals surface area contributed by atoms with Crippen LogP contribution in [0, 0.1) is 6.92 Å². The molecule has 0 saturated heterocycles. The minimum atomic E-state index is 0.273. The largest absolute Gasteiger partial charge is 0.361 e. The van der Waals surface area contributed by atoms with E-state index in [2.05, 4.69) is 17.4 Å². The summed E-state index contributed by atoms with van der Waals surface area (Å²) in [6.45, 7) is 4.70. The second-order valence-electron chi connectivity index (χ2n) is 3.67. The summed E-state index contributed by atoms with van der Waals surface area (Å²) >= 11 is 7.48. The number of aromatic nitrogens is 1. The highest BCUT2D eigenvalue weighted by molar-refractivity contribution is 7.16. The Morgan fingerprint density at radius 2 is 2.38 bits per heavy atom. The molecule has 0 aliphatic heterocycles. The molecule has 2 aromatic rings. The van der Waals surface area contributed by atoms with E-state index < -0.39 is 0 Å². The Bertz CT molecular complexity index is 466. The van der Waals surface area contributed by atoms with Crippen molar-refractivity contribution in [2.45, 2.75) is 26.4 Å². The molecule has 2 aromatic heterocycles. The van der Waals surface area contributed by atoms with Crippen molar-refractivity contribution in [2.75, 3.05) is 0 Å². The van der Waals surface area contributed by atoms with Crippen molar-refractivity contribution in [2.24, 2.45) is 0 Å². The molecule has 2 heterocycles. The van der Waals surface area contributed by atoms with Crippen LogP contribution in [0.2, 0.25) is 4.34 Å². The Kier molecular flexibility index (Phi) is 3.63. The van der Waals surface area contributed by atoms with Gasteiger partial charge in [-0.1, -0.05) is 16.8 Å². The highest BCUT2D eigenvalue weighted by Gasteiger charge is 2.08. The van der Waals surface area contributed by atoms with E-state index in [-0.39, 0.29) is 6.04 Å². The minimum Gasteiger partial charge on any atom is -0.361 e. The number of halogens is 1. The van der Waals surface area contributed by atoms with Gasteiger partial charge in [0.05, 0.1) is 10.0 Å². The van der Waals surface area contributed by atoms with E-state index in [1.54, 1.807) is 11.3 Å². The summed E-state index contributed by atoms with van der Waals surface area (Å²) in [4.78, 5) is 1.23. The van der Waals surface area contributed by atoms with Gasteiger partial charge in [-0.25, -0.2) is 0 Å². The van der Waals surface area contributed by atoms with E-state index in [1.807, 2.05) is 25.1 Å². The quantitative estimate of drug-likeness (QED) is 0.909. The summed E-state index contributed by atoms with van der Waals surface area (Å²) in [5, 5.41) is 7.30. The fourth-order valence-electron chi connectivity index (χ4n) is 1.42. The maximum atomic E-state index is 5.89. The van der Waals surface area contributed by atoms with Crippen molar-refractivity contribution >= 4 is 22.9 Å². The zero-order chi connectivity index (χ0) is 11.5. The van der Waals surface area contributed by atoms with Crippen LogP contribution in [0.1, 0.15) is 29.3 Å². The van der Waals surface area contributed by atoms with Crippen LogP contribution < -0.4 is 5.32 Å². The molecule has 5 heteroatoms. The molecule has 1 atom stereocenters. The second kappa shape index (κ2) is 4.99. The first-order chi connectivity index (χ1) is 7.65. The smallest absolute Gasteiger partial charge is 0.133 e. The molecule has 0 saturated carbocycles. The van der Waals surface area contributed by atoms with Crippen LogP contribution in [0.25, 0.3) is 0 Å². The van der Waals surface area contributed by atoms with Gasteiger partial charge in [-0.05, 0) is 26.0 Å². The lowest BCUT2D eigenvalue weighted by atomic mass is 10.2. The summed E-state index contributed by atoms with van der Waals surface area (Å²) < 4.78 is 5.82. The van der Waals surface area contributed by atoms with Gasteiger partial charge < -0.3 is 9.84 Å². The van der Waals surface area contributed by atoms with E-state index in [0.717, 1.165) is 15.8 Å². The van der Waals surface area contributed by atoms with E-state index in [1.165, 1.54) is 4.88 Å².